The van der Waals surface area contributed by atoms with E-state index in [1.54, 1.807) is 12.0 Å². The second kappa shape index (κ2) is 6.70. The standard InChI is InChI=1S/C18H18N2O4/c1-24-16-5-3-2-4-13(16)11-20(14-6-7-14)17(21)15-10-12(18(22)23)8-9-19-15/h2-5,8-10,14H,6-7,11H2,1H3,(H,22,23). The normalized spacial score (nSPS) is 13.4. The van der Waals surface area contributed by atoms with Crippen LogP contribution >= 0.6 is 0 Å². The van der Waals surface area contributed by atoms with Crippen LogP contribution in [0.4, 0.5) is 0 Å². The van der Waals surface area contributed by atoms with Crippen molar-refractivity contribution in [3.8, 4) is 5.75 Å². The van der Waals surface area contributed by atoms with Crippen LogP contribution < -0.4 is 4.74 Å². The van der Waals surface area contributed by atoms with Gasteiger partial charge in [0.1, 0.15) is 11.4 Å². The Kier molecular flexibility index (Phi) is 4.46. The molecule has 1 fully saturated rings. The van der Waals surface area contributed by atoms with Gasteiger partial charge in [0.15, 0.2) is 0 Å². The number of carboxylic acids is 1. The van der Waals surface area contributed by atoms with E-state index in [1.807, 2.05) is 24.3 Å². The molecule has 2 aromatic rings. The van der Waals surface area contributed by atoms with Crippen LogP contribution in [0.5, 0.6) is 5.75 Å². The fourth-order valence-electron chi connectivity index (χ4n) is 2.60. The van der Waals surface area contributed by atoms with Gasteiger partial charge in [-0.3, -0.25) is 9.78 Å². The highest BCUT2D eigenvalue weighted by atomic mass is 16.5. The number of methoxy groups -OCH3 is 1. The van der Waals surface area contributed by atoms with Crippen molar-refractivity contribution in [3.63, 3.8) is 0 Å². The molecule has 0 atom stereocenters. The predicted molar refractivity (Wildman–Crippen MR) is 87.1 cm³/mol. The van der Waals surface area contributed by atoms with E-state index >= 15 is 0 Å². The van der Waals surface area contributed by atoms with Gasteiger partial charge in [0.2, 0.25) is 0 Å². The molecular formula is C18H18N2O4. The Morgan fingerprint density at radius 2 is 2.04 bits per heavy atom. The molecule has 1 aromatic carbocycles. The molecule has 1 aliphatic rings. The maximum absolute atomic E-state index is 12.8. The van der Waals surface area contributed by atoms with E-state index in [-0.39, 0.29) is 23.2 Å². The third-order valence-electron chi connectivity index (χ3n) is 4.01. The second-order valence-electron chi connectivity index (χ2n) is 5.71. The molecule has 1 aliphatic carbocycles. The summed E-state index contributed by atoms with van der Waals surface area (Å²) in [5.74, 6) is -0.608. The fraction of sp³-hybridized carbons (Fsp3) is 0.278. The van der Waals surface area contributed by atoms with Gasteiger partial charge in [0.25, 0.3) is 5.91 Å². The number of hydrogen-bond acceptors (Lipinski definition) is 4. The van der Waals surface area contributed by atoms with Crippen molar-refractivity contribution < 1.29 is 19.4 Å². The van der Waals surface area contributed by atoms with Crippen LogP contribution in [-0.4, -0.2) is 40.0 Å². The monoisotopic (exact) mass is 326 g/mol. The minimum absolute atomic E-state index is 0.0568. The van der Waals surface area contributed by atoms with Crippen molar-refractivity contribution in [1.82, 2.24) is 9.88 Å². The number of aromatic nitrogens is 1. The molecule has 1 amide bonds. The first kappa shape index (κ1) is 16.0. The van der Waals surface area contributed by atoms with Gasteiger partial charge in [0.05, 0.1) is 12.7 Å². The highest BCUT2D eigenvalue weighted by molar-refractivity contribution is 5.96. The van der Waals surface area contributed by atoms with E-state index in [0.29, 0.717) is 6.54 Å². The molecule has 1 heterocycles. The van der Waals surface area contributed by atoms with E-state index in [1.165, 1.54) is 18.3 Å². The number of ether oxygens (including phenoxy) is 1. The van der Waals surface area contributed by atoms with Crippen LogP contribution in [0.1, 0.15) is 39.3 Å². The third-order valence-corrected chi connectivity index (χ3v) is 4.01. The number of hydrogen-bond donors (Lipinski definition) is 1. The lowest BCUT2D eigenvalue weighted by atomic mass is 10.1. The topological polar surface area (TPSA) is 79.7 Å². The molecule has 1 N–H and O–H groups in total. The quantitative estimate of drug-likeness (QED) is 0.882. The molecule has 6 nitrogen and oxygen atoms in total. The molecule has 24 heavy (non-hydrogen) atoms. The number of pyridine rings is 1. The zero-order valence-electron chi connectivity index (χ0n) is 13.3. The lowest BCUT2D eigenvalue weighted by molar-refractivity contribution is 0.0696. The lowest BCUT2D eigenvalue weighted by Gasteiger charge is -2.23. The zero-order chi connectivity index (χ0) is 17.1. The number of para-hydroxylation sites is 1. The molecule has 6 heteroatoms. The Bertz CT molecular complexity index is 771. The van der Waals surface area contributed by atoms with Crippen LogP contribution in [-0.2, 0) is 6.54 Å². The summed E-state index contributed by atoms with van der Waals surface area (Å²) in [6.45, 7) is 0.409. The van der Waals surface area contributed by atoms with Crippen LogP contribution in [0.3, 0.4) is 0 Å². The minimum Gasteiger partial charge on any atom is -0.496 e. The number of carboxylic acid groups (broad SMARTS) is 1. The van der Waals surface area contributed by atoms with Gasteiger partial charge in [-0.05, 0) is 31.0 Å². The van der Waals surface area contributed by atoms with Gasteiger partial charge in [0, 0.05) is 24.3 Å². The fourth-order valence-corrected chi connectivity index (χ4v) is 2.60. The molecule has 1 aromatic heterocycles. The molecule has 0 aliphatic heterocycles. The summed E-state index contributed by atoms with van der Waals surface area (Å²) in [5.41, 5.74) is 1.12. The Morgan fingerprint density at radius 3 is 2.71 bits per heavy atom. The zero-order valence-corrected chi connectivity index (χ0v) is 13.3. The van der Waals surface area contributed by atoms with Crippen LogP contribution in [0.25, 0.3) is 0 Å². The number of carbonyl (C=O) groups excluding carboxylic acids is 1. The van der Waals surface area contributed by atoms with Gasteiger partial charge in [-0.2, -0.15) is 0 Å². The number of nitrogens with zero attached hydrogens (tertiary/aromatic N) is 2. The van der Waals surface area contributed by atoms with E-state index in [2.05, 4.69) is 4.98 Å². The maximum Gasteiger partial charge on any atom is 0.335 e. The van der Waals surface area contributed by atoms with E-state index in [9.17, 15) is 9.59 Å². The number of rotatable bonds is 6. The number of amides is 1. The maximum atomic E-state index is 12.8. The summed E-state index contributed by atoms with van der Waals surface area (Å²) >= 11 is 0. The lowest BCUT2D eigenvalue weighted by Crippen LogP contribution is -2.33. The molecule has 1 saturated carbocycles. The smallest absolute Gasteiger partial charge is 0.335 e. The molecule has 0 spiro atoms. The first-order valence-corrected chi connectivity index (χ1v) is 7.72. The molecule has 0 radical (unpaired) electrons. The van der Waals surface area contributed by atoms with Crippen molar-refractivity contribution in [2.75, 3.05) is 7.11 Å². The van der Waals surface area contributed by atoms with Crippen molar-refractivity contribution in [3.05, 3.63) is 59.4 Å². The first-order chi connectivity index (χ1) is 11.6. The highest BCUT2D eigenvalue weighted by Gasteiger charge is 2.34. The average Bonchev–Trinajstić information content (AvgIpc) is 3.44. The van der Waals surface area contributed by atoms with Crippen LogP contribution in [0.15, 0.2) is 42.6 Å². The summed E-state index contributed by atoms with van der Waals surface area (Å²) in [4.78, 5) is 29.7. The average molecular weight is 326 g/mol. The molecule has 0 unspecified atom stereocenters. The summed E-state index contributed by atoms with van der Waals surface area (Å²) < 4.78 is 5.35. The second-order valence-corrected chi connectivity index (χ2v) is 5.71. The number of aromatic carboxylic acids is 1. The Balaban J connectivity index is 1.87. The van der Waals surface area contributed by atoms with Crippen molar-refractivity contribution >= 4 is 11.9 Å². The Labute approximate surface area is 139 Å². The van der Waals surface area contributed by atoms with Crippen LogP contribution in [0, 0.1) is 0 Å². The van der Waals surface area contributed by atoms with Crippen LogP contribution in [0.2, 0.25) is 0 Å². The Morgan fingerprint density at radius 1 is 1.29 bits per heavy atom. The molecular weight excluding hydrogens is 308 g/mol. The van der Waals surface area contributed by atoms with Crippen molar-refractivity contribution in [2.45, 2.75) is 25.4 Å². The van der Waals surface area contributed by atoms with Crippen molar-refractivity contribution in [1.29, 1.82) is 0 Å². The number of carbonyl (C=O) groups is 2. The molecule has 124 valence electrons. The van der Waals surface area contributed by atoms with Gasteiger partial charge in [-0.25, -0.2) is 4.79 Å². The van der Waals surface area contributed by atoms with E-state index in [0.717, 1.165) is 24.2 Å². The van der Waals surface area contributed by atoms with Gasteiger partial charge < -0.3 is 14.7 Å². The largest absolute Gasteiger partial charge is 0.496 e. The molecule has 3 rings (SSSR count). The summed E-state index contributed by atoms with van der Waals surface area (Å²) in [6.07, 6.45) is 3.24. The molecule has 0 bridgehead atoms. The molecule has 0 saturated heterocycles. The van der Waals surface area contributed by atoms with Gasteiger partial charge in [-0.1, -0.05) is 18.2 Å². The summed E-state index contributed by atoms with van der Waals surface area (Å²) in [6, 6.07) is 10.4. The number of benzene rings is 1. The SMILES string of the molecule is COc1ccccc1CN(C(=O)c1cc(C(=O)O)ccn1)C1CC1. The van der Waals surface area contributed by atoms with Gasteiger partial charge >= 0.3 is 5.97 Å². The third kappa shape index (κ3) is 3.37. The van der Waals surface area contributed by atoms with E-state index < -0.39 is 5.97 Å². The predicted octanol–water partition coefficient (Wildman–Crippen LogP) is 2.59. The van der Waals surface area contributed by atoms with Gasteiger partial charge in [-0.15, -0.1) is 0 Å². The summed E-state index contributed by atoms with van der Waals surface area (Å²) in [7, 11) is 1.60. The highest BCUT2D eigenvalue weighted by Crippen LogP contribution is 2.31. The van der Waals surface area contributed by atoms with E-state index in [4.69, 9.17) is 9.84 Å². The Hall–Kier alpha value is -2.89. The van der Waals surface area contributed by atoms with Crippen molar-refractivity contribution in [2.24, 2.45) is 0 Å². The minimum atomic E-state index is -1.07. The summed E-state index contributed by atoms with van der Waals surface area (Å²) in [5, 5.41) is 9.09. The first-order valence-electron chi connectivity index (χ1n) is 7.72.